The number of rotatable bonds is 7. The van der Waals surface area contributed by atoms with Crippen LogP contribution in [-0.2, 0) is 16.0 Å². The van der Waals surface area contributed by atoms with Gasteiger partial charge in [-0.1, -0.05) is 18.2 Å². The lowest BCUT2D eigenvalue weighted by Crippen LogP contribution is -2.15. The molecule has 0 aliphatic heterocycles. The van der Waals surface area contributed by atoms with Crippen LogP contribution in [0.25, 0.3) is 10.9 Å². The summed E-state index contributed by atoms with van der Waals surface area (Å²) in [6.07, 6.45) is 3.42. The molecule has 0 spiro atoms. The quantitative estimate of drug-likeness (QED) is 0.745. The van der Waals surface area contributed by atoms with Crippen molar-refractivity contribution in [2.24, 2.45) is 0 Å². The smallest absolute Gasteiger partial charge is 0.303 e. The molecule has 2 rings (SSSR count). The molecule has 0 amide bonds. The van der Waals surface area contributed by atoms with Crippen molar-refractivity contribution in [2.45, 2.75) is 25.7 Å². The third-order valence-corrected chi connectivity index (χ3v) is 3.67. The molecule has 1 aromatic heterocycles. The number of hydrogen-bond acceptors (Lipinski definition) is 4. The van der Waals surface area contributed by atoms with E-state index in [1.807, 2.05) is 44.6 Å². The van der Waals surface area contributed by atoms with E-state index in [-0.39, 0.29) is 25.2 Å². The summed E-state index contributed by atoms with van der Waals surface area (Å²) in [4.78, 5) is 33.4. The van der Waals surface area contributed by atoms with E-state index >= 15 is 0 Å². The summed E-state index contributed by atoms with van der Waals surface area (Å²) in [5, 5.41) is 16.7. The Kier molecular flexibility index (Phi) is 8.35. The third-order valence-electron chi connectivity index (χ3n) is 3.67. The molecule has 7 heteroatoms. The fraction of sp³-hybridized carbons (Fsp3) is 0.389. The van der Waals surface area contributed by atoms with Crippen LogP contribution < -0.4 is 0 Å². The maximum Gasteiger partial charge on any atom is 0.303 e. The molecule has 2 aromatic rings. The lowest BCUT2D eigenvalue weighted by Gasteiger charge is -2.07. The number of carbonyl (C=O) groups is 3. The van der Waals surface area contributed by atoms with Gasteiger partial charge in [0.1, 0.15) is 0 Å². The van der Waals surface area contributed by atoms with E-state index in [1.165, 1.54) is 0 Å². The number of hydrogen-bond donors (Lipinski definition) is 2. The molecule has 2 N–H and O–H groups in total. The van der Waals surface area contributed by atoms with Gasteiger partial charge in [0.05, 0.1) is 5.52 Å². The van der Waals surface area contributed by atoms with Crippen LogP contribution in [0.3, 0.4) is 0 Å². The Balaban J connectivity index is 0.000000970. The van der Waals surface area contributed by atoms with Crippen molar-refractivity contribution in [1.82, 2.24) is 9.47 Å². The summed E-state index contributed by atoms with van der Waals surface area (Å²) in [7, 11) is 4.05. The number of para-hydroxylation sites is 1. The van der Waals surface area contributed by atoms with Crippen LogP contribution in [0, 0.1) is 0 Å². The highest BCUT2D eigenvalue weighted by Gasteiger charge is 2.13. The molecule has 0 saturated heterocycles. The summed E-state index contributed by atoms with van der Waals surface area (Å²) >= 11 is 0. The highest BCUT2D eigenvalue weighted by molar-refractivity contribution is 5.94. The Morgan fingerprint density at radius 2 is 1.84 bits per heavy atom. The normalized spacial score (nSPS) is 10.4. The van der Waals surface area contributed by atoms with Crippen LogP contribution in [0.2, 0.25) is 0 Å². The number of fused-ring (bicyclic) bond motifs is 1. The lowest BCUT2D eigenvalue weighted by atomic mass is 10.1. The van der Waals surface area contributed by atoms with Crippen LogP contribution in [0.5, 0.6) is 0 Å². The molecule has 0 bridgehead atoms. The molecular weight excluding hydrogens is 324 g/mol. The van der Waals surface area contributed by atoms with Crippen molar-refractivity contribution in [3.05, 3.63) is 36.0 Å². The molecule has 0 aliphatic rings. The summed E-state index contributed by atoms with van der Waals surface area (Å²) in [5.41, 5.74) is 2.05. The van der Waals surface area contributed by atoms with Crippen LogP contribution in [0.1, 0.15) is 29.6 Å². The van der Waals surface area contributed by atoms with Crippen molar-refractivity contribution >= 4 is 29.3 Å². The van der Waals surface area contributed by atoms with Gasteiger partial charge < -0.3 is 15.1 Å². The maximum absolute atomic E-state index is 12.4. The number of carbonyl (C=O) groups excluding carboxylic acids is 1. The van der Waals surface area contributed by atoms with E-state index in [0.29, 0.717) is 6.42 Å². The van der Waals surface area contributed by atoms with Gasteiger partial charge in [-0.3, -0.25) is 19.0 Å². The van der Waals surface area contributed by atoms with Gasteiger partial charge in [-0.25, -0.2) is 0 Å². The van der Waals surface area contributed by atoms with Gasteiger partial charge in [0.2, 0.25) is 5.91 Å². The molecule has 0 atom stereocenters. The van der Waals surface area contributed by atoms with Gasteiger partial charge in [0, 0.05) is 31.0 Å². The Hall–Kier alpha value is -2.67. The van der Waals surface area contributed by atoms with Gasteiger partial charge in [-0.05, 0) is 38.6 Å². The van der Waals surface area contributed by atoms with Gasteiger partial charge in [-0.2, -0.15) is 0 Å². The topological polar surface area (TPSA) is 99.8 Å². The number of aliphatic carboxylic acids is 1. The first-order chi connectivity index (χ1) is 11.9. The largest absolute Gasteiger partial charge is 0.483 e. The molecule has 0 radical (unpaired) electrons. The molecule has 1 heterocycles. The zero-order chi connectivity index (χ0) is 18.8. The monoisotopic (exact) mass is 348 g/mol. The number of aromatic nitrogens is 1. The standard InChI is InChI=1S/C17H22N2O3.CH2O2/c1-18(2)11-10-13-12-19(15-7-4-3-6-14(13)15)16(20)8-5-9-17(21)22;2-1-3/h3-4,6-7,12H,5,8-11H2,1-2H3,(H,21,22);1H,(H,2,3). The van der Waals surface area contributed by atoms with Crippen molar-refractivity contribution < 1.29 is 24.6 Å². The zero-order valence-electron chi connectivity index (χ0n) is 14.5. The molecule has 0 saturated carbocycles. The summed E-state index contributed by atoms with van der Waals surface area (Å²) in [6.45, 7) is 0.668. The Morgan fingerprint density at radius 3 is 2.44 bits per heavy atom. The third kappa shape index (κ3) is 6.39. The first-order valence-corrected chi connectivity index (χ1v) is 7.97. The minimum Gasteiger partial charge on any atom is -0.483 e. The van der Waals surface area contributed by atoms with Crippen LogP contribution >= 0.6 is 0 Å². The Morgan fingerprint density at radius 1 is 1.20 bits per heavy atom. The minimum absolute atomic E-state index is 0.0262. The van der Waals surface area contributed by atoms with E-state index in [1.54, 1.807) is 4.57 Å². The van der Waals surface area contributed by atoms with Crippen LogP contribution in [0.4, 0.5) is 0 Å². The second kappa shape index (κ2) is 10.2. The van der Waals surface area contributed by atoms with Gasteiger partial charge >= 0.3 is 5.97 Å². The van der Waals surface area contributed by atoms with Crippen LogP contribution in [0.15, 0.2) is 30.5 Å². The first kappa shape index (κ1) is 20.4. The SMILES string of the molecule is CN(C)CCc1cn(C(=O)CCCC(=O)O)c2ccccc12.O=CO. The average molecular weight is 348 g/mol. The van der Waals surface area contributed by atoms with E-state index < -0.39 is 5.97 Å². The van der Waals surface area contributed by atoms with Gasteiger partial charge in [0.25, 0.3) is 6.47 Å². The first-order valence-electron chi connectivity index (χ1n) is 7.97. The molecule has 0 unspecified atom stereocenters. The summed E-state index contributed by atoms with van der Waals surface area (Å²) in [6, 6.07) is 7.85. The number of likely N-dealkylation sites (N-methyl/N-ethyl adjacent to an activating group) is 1. The van der Waals surface area contributed by atoms with Crippen molar-refractivity contribution in [1.29, 1.82) is 0 Å². The van der Waals surface area contributed by atoms with Gasteiger partial charge in [-0.15, -0.1) is 0 Å². The highest BCUT2D eigenvalue weighted by Crippen LogP contribution is 2.22. The molecule has 0 fully saturated rings. The van der Waals surface area contributed by atoms with Gasteiger partial charge in [0.15, 0.2) is 0 Å². The van der Waals surface area contributed by atoms with Crippen LogP contribution in [-0.4, -0.2) is 58.7 Å². The molecule has 25 heavy (non-hydrogen) atoms. The highest BCUT2D eigenvalue weighted by atomic mass is 16.4. The number of benzene rings is 1. The maximum atomic E-state index is 12.4. The predicted octanol–water partition coefficient (Wildman–Crippen LogP) is 2.34. The Bertz CT molecular complexity index is 721. The van der Waals surface area contributed by atoms with Crippen molar-refractivity contribution in [3.63, 3.8) is 0 Å². The fourth-order valence-electron chi connectivity index (χ4n) is 2.51. The van der Waals surface area contributed by atoms with Crippen molar-refractivity contribution in [3.8, 4) is 0 Å². The number of nitrogens with zero attached hydrogens (tertiary/aromatic N) is 2. The lowest BCUT2D eigenvalue weighted by molar-refractivity contribution is -0.137. The number of carboxylic acids is 1. The minimum atomic E-state index is -0.864. The fourth-order valence-corrected chi connectivity index (χ4v) is 2.51. The molecule has 136 valence electrons. The average Bonchev–Trinajstić information content (AvgIpc) is 2.92. The zero-order valence-corrected chi connectivity index (χ0v) is 14.5. The van der Waals surface area contributed by atoms with E-state index in [0.717, 1.165) is 29.4 Å². The predicted molar refractivity (Wildman–Crippen MR) is 95.0 cm³/mol. The second-order valence-electron chi connectivity index (χ2n) is 5.84. The molecule has 1 aromatic carbocycles. The second-order valence-corrected chi connectivity index (χ2v) is 5.84. The summed E-state index contributed by atoms with van der Waals surface area (Å²) < 4.78 is 1.67. The summed E-state index contributed by atoms with van der Waals surface area (Å²) in [5.74, 6) is -0.912. The molecular formula is C18H24N2O5. The molecule has 0 aliphatic carbocycles. The molecule has 7 nitrogen and oxygen atoms in total. The van der Waals surface area contributed by atoms with E-state index in [4.69, 9.17) is 15.0 Å². The van der Waals surface area contributed by atoms with E-state index in [9.17, 15) is 9.59 Å². The Labute approximate surface area is 146 Å². The van der Waals surface area contributed by atoms with Crippen molar-refractivity contribution in [2.75, 3.05) is 20.6 Å². The van der Waals surface area contributed by atoms with E-state index in [2.05, 4.69) is 4.90 Å². The number of carboxylic acid groups (broad SMARTS) is 2.